The van der Waals surface area contributed by atoms with Crippen molar-refractivity contribution >= 4 is 27.6 Å². The van der Waals surface area contributed by atoms with Crippen molar-refractivity contribution < 1.29 is 8.78 Å². The van der Waals surface area contributed by atoms with E-state index in [1.165, 1.54) is 7.05 Å². The first-order valence-electron chi connectivity index (χ1n) is 5.63. The lowest BCUT2D eigenvalue weighted by Crippen LogP contribution is -2.07. The van der Waals surface area contributed by atoms with Crippen LogP contribution in [0.3, 0.4) is 0 Å². The second-order valence-corrected chi connectivity index (χ2v) is 4.70. The van der Waals surface area contributed by atoms with Crippen LogP contribution in [0.15, 0.2) is 34.8 Å². The Kier molecular flexibility index (Phi) is 4.31. The zero-order valence-electron chi connectivity index (χ0n) is 10.2. The molecule has 6 heteroatoms. The number of pyridine rings is 1. The largest absolute Gasteiger partial charge is 0.371 e. The molecule has 0 aliphatic heterocycles. The Morgan fingerprint density at radius 1 is 1.16 bits per heavy atom. The molecule has 100 valence electrons. The Labute approximate surface area is 118 Å². The van der Waals surface area contributed by atoms with Crippen molar-refractivity contribution in [3.05, 3.63) is 52.0 Å². The highest BCUT2D eigenvalue weighted by Crippen LogP contribution is 2.21. The van der Waals surface area contributed by atoms with Gasteiger partial charge in [-0.1, -0.05) is 34.1 Å². The summed E-state index contributed by atoms with van der Waals surface area (Å²) in [5.41, 5.74) is 0.957. The molecule has 0 fully saturated rings. The second-order valence-electron chi connectivity index (χ2n) is 3.84. The summed E-state index contributed by atoms with van der Waals surface area (Å²) in [5, 5.41) is 5.42. The summed E-state index contributed by atoms with van der Waals surface area (Å²) in [7, 11) is 1.53. The molecule has 2 rings (SSSR count). The molecule has 0 bridgehead atoms. The van der Waals surface area contributed by atoms with E-state index in [4.69, 9.17) is 0 Å². The lowest BCUT2D eigenvalue weighted by molar-refractivity contribution is 0.578. The molecule has 0 spiro atoms. The Morgan fingerprint density at radius 3 is 2.53 bits per heavy atom. The number of rotatable bonds is 4. The fourth-order valence-electron chi connectivity index (χ4n) is 1.59. The van der Waals surface area contributed by atoms with E-state index in [9.17, 15) is 8.78 Å². The van der Waals surface area contributed by atoms with Gasteiger partial charge in [-0.05, 0) is 11.6 Å². The summed E-state index contributed by atoms with van der Waals surface area (Å²) in [5.74, 6) is -1.41. The lowest BCUT2D eigenvalue weighted by atomic mass is 10.2. The maximum absolute atomic E-state index is 13.6. The normalized spacial score (nSPS) is 10.3. The average molecular weight is 328 g/mol. The van der Waals surface area contributed by atoms with Gasteiger partial charge in [0, 0.05) is 24.1 Å². The molecule has 0 saturated carbocycles. The van der Waals surface area contributed by atoms with Crippen molar-refractivity contribution in [3.63, 3.8) is 0 Å². The van der Waals surface area contributed by atoms with Crippen LogP contribution in [-0.4, -0.2) is 12.0 Å². The van der Waals surface area contributed by atoms with E-state index in [2.05, 4.69) is 31.5 Å². The van der Waals surface area contributed by atoms with Crippen LogP contribution in [0.2, 0.25) is 0 Å². The number of nitrogens with one attached hydrogen (secondary N) is 2. The summed E-state index contributed by atoms with van der Waals surface area (Å²) in [4.78, 5) is 3.85. The van der Waals surface area contributed by atoms with Gasteiger partial charge in [0.2, 0.25) is 0 Å². The third kappa shape index (κ3) is 3.20. The minimum atomic E-state index is -0.719. The van der Waals surface area contributed by atoms with Gasteiger partial charge >= 0.3 is 0 Å². The van der Waals surface area contributed by atoms with Crippen LogP contribution in [-0.2, 0) is 6.54 Å². The van der Waals surface area contributed by atoms with Gasteiger partial charge in [-0.15, -0.1) is 0 Å². The fraction of sp³-hybridized carbons (Fsp3) is 0.154. The van der Waals surface area contributed by atoms with Crippen LogP contribution in [0.4, 0.5) is 20.4 Å². The molecule has 19 heavy (non-hydrogen) atoms. The number of halogens is 3. The molecular weight excluding hydrogens is 316 g/mol. The zero-order valence-corrected chi connectivity index (χ0v) is 11.8. The first-order chi connectivity index (χ1) is 9.11. The van der Waals surface area contributed by atoms with Gasteiger partial charge in [0.1, 0.15) is 0 Å². The molecular formula is C13H12BrF2N3. The van der Waals surface area contributed by atoms with E-state index in [0.29, 0.717) is 6.54 Å². The van der Waals surface area contributed by atoms with Crippen LogP contribution in [0.5, 0.6) is 0 Å². The van der Waals surface area contributed by atoms with Gasteiger partial charge in [0.15, 0.2) is 23.3 Å². The molecule has 3 nitrogen and oxygen atoms in total. The van der Waals surface area contributed by atoms with Crippen molar-refractivity contribution in [2.75, 3.05) is 17.7 Å². The maximum atomic E-state index is 13.6. The molecule has 1 aromatic carbocycles. The van der Waals surface area contributed by atoms with Crippen LogP contribution >= 0.6 is 15.9 Å². The first-order valence-corrected chi connectivity index (χ1v) is 6.42. The monoisotopic (exact) mass is 327 g/mol. The number of hydrogen-bond donors (Lipinski definition) is 2. The van der Waals surface area contributed by atoms with Crippen molar-refractivity contribution in [2.24, 2.45) is 0 Å². The van der Waals surface area contributed by atoms with Gasteiger partial charge in [0.25, 0.3) is 0 Å². The van der Waals surface area contributed by atoms with Crippen LogP contribution in [0.1, 0.15) is 5.56 Å². The van der Waals surface area contributed by atoms with Crippen LogP contribution in [0.25, 0.3) is 0 Å². The van der Waals surface area contributed by atoms with Gasteiger partial charge < -0.3 is 10.6 Å². The predicted molar refractivity (Wildman–Crippen MR) is 75.2 cm³/mol. The molecule has 0 radical (unpaired) electrons. The van der Waals surface area contributed by atoms with E-state index < -0.39 is 11.6 Å². The Morgan fingerprint density at radius 2 is 1.84 bits per heavy atom. The number of anilines is 2. The third-order valence-corrected chi connectivity index (χ3v) is 3.34. The maximum Gasteiger partial charge on any atom is 0.168 e. The molecule has 1 aromatic heterocycles. The zero-order chi connectivity index (χ0) is 13.8. The van der Waals surface area contributed by atoms with Crippen molar-refractivity contribution in [1.29, 1.82) is 0 Å². The lowest BCUT2D eigenvalue weighted by Gasteiger charge is -2.10. The molecule has 0 aliphatic rings. The summed E-state index contributed by atoms with van der Waals surface area (Å²) in [6, 6.07) is 8.38. The third-order valence-electron chi connectivity index (χ3n) is 2.57. The standard InChI is InChI=1S/C13H12BrF2N3/c1-17-12-10(15)6-11(16)13(19-12)18-7-8-4-2-3-5-9(8)14/h2-6H,7H2,1H3,(H2,17,18,19). The molecule has 0 amide bonds. The Balaban J connectivity index is 2.18. The van der Waals surface area contributed by atoms with Gasteiger partial charge in [-0.25, -0.2) is 13.8 Å². The quantitative estimate of drug-likeness (QED) is 0.897. The van der Waals surface area contributed by atoms with E-state index in [1.54, 1.807) is 0 Å². The molecule has 0 saturated heterocycles. The number of nitrogens with zero attached hydrogens (tertiary/aromatic N) is 1. The predicted octanol–water partition coefficient (Wildman–Crippen LogP) is 3.78. The van der Waals surface area contributed by atoms with Crippen molar-refractivity contribution in [1.82, 2.24) is 4.98 Å². The van der Waals surface area contributed by atoms with Crippen LogP contribution < -0.4 is 10.6 Å². The summed E-state index contributed by atoms with van der Waals surface area (Å²) in [6.45, 7) is 0.389. The highest BCUT2D eigenvalue weighted by molar-refractivity contribution is 9.10. The summed E-state index contributed by atoms with van der Waals surface area (Å²) >= 11 is 3.40. The minimum Gasteiger partial charge on any atom is -0.371 e. The molecule has 1 heterocycles. The van der Waals surface area contributed by atoms with E-state index in [1.807, 2.05) is 24.3 Å². The molecule has 2 aromatic rings. The van der Waals surface area contributed by atoms with Gasteiger partial charge in [0.05, 0.1) is 0 Å². The molecule has 0 aliphatic carbocycles. The molecule has 2 N–H and O–H groups in total. The first kappa shape index (κ1) is 13.7. The van der Waals surface area contributed by atoms with Gasteiger partial charge in [-0.2, -0.15) is 0 Å². The Hall–Kier alpha value is -1.69. The van der Waals surface area contributed by atoms with E-state index >= 15 is 0 Å². The number of benzene rings is 1. The smallest absolute Gasteiger partial charge is 0.168 e. The highest BCUT2D eigenvalue weighted by atomic mass is 79.9. The number of hydrogen-bond acceptors (Lipinski definition) is 3. The molecule has 0 atom stereocenters. The topological polar surface area (TPSA) is 37.0 Å². The highest BCUT2D eigenvalue weighted by Gasteiger charge is 2.11. The number of aromatic nitrogens is 1. The minimum absolute atomic E-state index is 0.0102. The van der Waals surface area contributed by atoms with E-state index in [-0.39, 0.29) is 11.6 Å². The van der Waals surface area contributed by atoms with Crippen molar-refractivity contribution in [2.45, 2.75) is 6.54 Å². The second kappa shape index (κ2) is 5.97. The SMILES string of the molecule is CNc1nc(NCc2ccccc2Br)c(F)cc1F. The average Bonchev–Trinajstić information content (AvgIpc) is 2.39. The summed E-state index contributed by atoms with van der Waals surface area (Å²) in [6.07, 6.45) is 0. The fourth-order valence-corrected chi connectivity index (χ4v) is 2.01. The van der Waals surface area contributed by atoms with Gasteiger partial charge in [-0.3, -0.25) is 0 Å². The summed E-state index contributed by atoms with van der Waals surface area (Å²) < 4.78 is 27.7. The van der Waals surface area contributed by atoms with Crippen molar-refractivity contribution in [3.8, 4) is 0 Å². The van der Waals surface area contributed by atoms with E-state index in [0.717, 1.165) is 16.1 Å². The molecule has 0 unspecified atom stereocenters. The van der Waals surface area contributed by atoms with Crippen LogP contribution in [0, 0.1) is 11.6 Å². The Bertz CT molecular complexity index is 590.